The highest BCUT2D eigenvalue weighted by atomic mass is 15.7. The van der Waals surface area contributed by atoms with Gasteiger partial charge in [-0.05, 0) is 12.5 Å². The van der Waals surface area contributed by atoms with Gasteiger partial charge < -0.3 is 5.43 Å². The first kappa shape index (κ1) is 8.13. The molecule has 3 nitrogen and oxygen atoms in total. The monoisotopic (exact) mass is 175 g/mol. The molecule has 0 fully saturated rings. The lowest BCUT2D eigenvalue weighted by Crippen LogP contribution is -2.35. The summed E-state index contributed by atoms with van der Waals surface area (Å²) in [5.74, 6) is 0. The van der Waals surface area contributed by atoms with E-state index in [0.717, 1.165) is 12.2 Å². The molecule has 3 heteroatoms. The first-order valence-electron chi connectivity index (χ1n) is 4.35. The van der Waals surface area contributed by atoms with Gasteiger partial charge in [-0.25, -0.2) is 0 Å². The van der Waals surface area contributed by atoms with E-state index >= 15 is 0 Å². The Kier molecular flexibility index (Phi) is 2.19. The molecular formula is C10H13N3. The molecular weight excluding hydrogens is 162 g/mol. The van der Waals surface area contributed by atoms with E-state index in [1.54, 1.807) is 0 Å². The summed E-state index contributed by atoms with van der Waals surface area (Å²) in [4.78, 5) is 0. The summed E-state index contributed by atoms with van der Waals surface area (Å²) in [5, 5.41) is 2.02. The molecule has 0 amide bonds. The standard InChI is InChI=1S/C10H13N3/c1-9-7-13(12-11-9)8-10-5-3-2-4-6-10/h2-7,11-12H,8H2,1H3. The maximum atomic E-state index is 3.05. The summed E-state index contributed by atoms with van der Waals surface area (Å²) < 4.78 is 0. The van der Waals surface area contributed by atoms with Crippen LogP contribution in [0.3, 0.4) is 0 Å². The van der Waals surface area contributed by atoms with Crippen LogP contribution in [0.5, 0.6) is 0 Å². The van der Waals surface area contributed by atoms with Crippen LogP contribution in [0.4, 0.5) is 0 Å². The highest BCUT2D eigenvalue weighted by Crippen LogP contribution is 2.05. The fraction of sp³-hybridized carbons (Fsp3) is 0.200. The van der Waals surface area contributed by atoms with Gasteiger partial charge in [0, 0.05) is 11.9 Å². The van der Waals surface area contributed by atoms with Gasteiger partial charge in [-0.2, -0.15) is 0 Å². The summed E-state index contributed by atoms with van der Waals surface area (Å²) in [5.41, 5.74) is 8.50. The number of benzene rings is 1. The topological polar surface area (TPSA) is 27.3 Å². The van der Waals surface area contributed by atoms with Gasteiger partial charge in [0.1, 0.15) is 0 Å². The van der Waals surface area contributed by atoms with E-state index in [4.69, 9.17) is 0 Å². The molecule has 1 aromatic rings. The number of nitrogens with zero attached hydrogens (tertiary/aromatic N) is 1. The second-order valence-electron chi connectivity index (χ2n) is 3.16. The van der Waals surface area contributed by atoms with Crippen molar-refractivity contribution in [3.8, 4) is 0 Å². The van der Waals surface area contributed by atoms with Crippen molar-refractivity contribution in [1.82, 2.24) is 16.0 Å². The number of rotatable bonds is 2. The molecule has 0 aliphatic carbocycles. The number of nitrogens with one attached hydrogen (secondary N) is 2. The third-order valence-corrected chi connectivity index (χ3v) is 1.94. The molecule has 68 valence electrons. The molecule has 0 aromatic heterocycles. The fourth-order valence-corrected chi connectivity index (χ4v) is 1.32. The number of hydrazine groups is 2. The Morgan fingerprint density at radius 2 is 2.00 bits per heavy atom. The van der Waals surface area contributed by atoms with E-state index < -0.39 is 0 Å². The van der Waals surface area contributed by atoms with Crippen LogP contribution < -0.4 is 11.0 Å². The SMILES string of the molecule is CC1=CN(Cc2ccccc2)NN1. The highest BCUT2D eigenvalue weighted by molar-refractivity contribution is 5.15. The largest absolute Gasteiger partial charge is 0.307 e. The molecule has 1 heterocycles. The van der Waals surface area contributed by atoms with Crippen molar-refractivity contribution < 1.29 is 0 Å². The third kappa shape index (κ3) is 2.00. The second-order valence-corrected chi connectivity index (χ2v) is 3.16. The van der Waals surface area contributed by atoms with Gasteiger partial charge in [0.15, 0.2) is 0 Å². The highest BCUT2D eigenvalue weighted by Gasteiger charge is 2.06. The lowest BCUT2D eigenvalue weighted by molar-refractivity contribution is 0.263. The number of hydrogen-bond acceptors (Lipinski definition) is 3. The predicted molar refractivity (Wildman–Crippen MR) is 52.0 cm³/mol. The van der Waals surface area contributed by atoms with E-state index in [1.165, 1.54) is 5.56 Å². The lowest BCUT2D eigenvalue weighted by Gasteiger charge is -2.14. The van der Waals surface area contributed by atoms with Crippen LogP contribution in [0.2, 0.25) is 0 Å². The van der Waals surface area contributed by atoms with Crippen molar-refractivity contribution >= 4 is 0 Å². The molecule has 1 aromatic carbocycles. The number of allylic oxidation sites excluding steroid dienone is 1. The Bertz CT molecular complexity index is 305. The van der Waals surface area contributed by atoms with E-state index in [-0.39, 0.29) is 0 Å². The Morgan fingerprint density at radius 3 is 2.62 bits per heavy atom. The fourth-order valence-electron chi connectivity index (χ4n) is 1.32. The summed E-state index contributed by atoms with van der Waals surface area (Å²) in [6.07, 6.45) is 2.05. The Hall–Kier alpha value is -1.48. The van der Waals surface area contributed by atoms with Gasteiger partial charge in [-0.1, -0.05) is 30.3 Å². The average Bonchev–Trinajstić information content (AvgIpc) is 2.53. The van der Waals surface area contributed by atoms with Crippen LogP contribution >= 0.6 is 0 Å². The molecule has 0 unspecified atom stereocenters. The predicted octanol–water partition coefficient (Wildman–Crippen LogP) is 1.37. The minimum Gasteiger partial charge on any atom is -0.307 e. The van der Waals surface area contributed by atoms with Crippen molar-refractivity contribution in [2.75, 3.05) is 0 Å². The van der Waals surface area contributed by atoms with Crippen molar-refractivity contribution in [3.05, 3.63) is 47.8 Å². The zero-order valence-electron chi connectivity index (χ0n) is 7.62. The van der Waals surface area contributed by atoms with Crippen molar-refractivity contribution in [2.24, 2.45) is 0 Å². The summed E-state index contributed by atoms with van der Waals surface area (Å²) in [6.45, 7) is 2.91. The molecule has 1 aliphatic heterocycles. The maximum absolute atomic E-state index is 3.05. The Balaban J connectivity index is 2.00. The van der Waals surface area contributed by atoms with Crippen LogP contribution in [0.15, 0.2) is 42.2 Å². The van der Waals surface area contributed by atoms with Gasteiger partial charge in [0.05, 0.1) is 6.54 Å². The number of hydrogen-bond donors (Lipinski definition) is 2. The summed E-state index contributed by atoms with van der Waals surface area (Å²) in [7, 11) is 0. The molecule has 2 N–H and O–H groups in total. The minimum absolute atomic E-state index is 0.880. The zero-order chi connectivity index (χ0) is 9.10. The summed E-state index contributed by atoms with van der Waals surface area (Å²) >= 11 is 0. The van der Waals surface area contributed by atoms with Crippen LogP contribution in [-0.4, -0.2) is 5.01 Å². The first-order valence-corrected chi connectivity index (χ1v) is 4.35. The van der Waals surface area contributed by atoms with E-state index in [2.05, 4.69) is 35.2 Å². The van der Waals surface area contributed by atoms with Gasteiger partial charge in [0.2, 0.25) is 0 Å². The Morgan fingerprint density at radius 1 is 1.23 bits per heavy atom. The van der Waals surface area contributed by atoms with Crippen LogP contribution in [0.25, 0.3) is 0 Å². The van der Waals surface area contributed by atoms with Gasteiger partial charge >= 0.3 is 0 Å². The normalized spacial score (nSPS) is 15.5. The van der Waals surface area contributed by atoms with Gasteiger partial charge in [-0.15, -0.1) is 5.53 Å². The quantitative estimate of drug-likeness (QED) is 0.711. The third-order valence-electron chi connectivity index (χ3n) is 1.94. The van der Waals surface area contributed by atoms with Crippen molar-refractivity contribution in [1.29, 1.82) is 0 Å². The van der Waals surface area contributed by atoms with Crippen LogP contribution in [0.1, 0.15) is 12.5 Å². The molecule has 0 saturated heterocycles. The van der Waals surface area contributed by atoms with E-state index in [0.29, 0.717) is 0 Å². The molecule has 13 heavy (non-hydrogen) atoms. The first-order chi connectivity index (χ1) is 6.34. The minimum atomic E-state index is 0.880. The molecule has 1 aliphatic rings. The van der Waals surface area contributed by atoms with Crippen LogP contribution in [0, 0.1) is 0 Å². The molecule has 0 spiro atoms. The molecule has 0 radical (unpaired) electrons. The lowest BCUT2D eigenvalue weighted by atomic mass is 10.2. The van der Waals surface area contributed by atoms with Crippen molar-refractivity contribution in [3.63, 3.8) is 0 Å². The van der Waals surface area contributed by atoms with E-state index in [9.17, 15) is 0 Å². The molecule has 0 bridgehead atoms. The average molecular weight is 175 g/mol. The molecule has 0 atom stereocenters. The molecule has 2 rings (SSSR count). The molecule has 0 saturated carbocycles. The second kappa shape index (κ2) is 3.49. The maximum Gasteiger partial charge on any atom is 0.0606 e. The van der Waals surface area contributed by atoms with E-state index in [1.807, 2.05) is 24.2 Å². The van der Waals surface area contributed by atoms with Crippen molar-refractivity contribution in [2.45, 2.75) is 13.5 Å². The van der Waals surface area contributed by atoms with Gasteiger partial charge in [0.25, 0.3) is 0 Å². The summed E-state index contributed by atoms with van der Waals surface area (Å²) in [6, 6.07) is 10.4. The van der Waals surface area contributed by atoms with Crippen LogP contribution in [-0.2, 0) is 6.54 Å². The Labute approximate surface area is 78.0 Å². The van der Waals surface area contributed by atoms with Gasteiger partial charge in [-0.3, -0.25) is 5.01 Å². The zero-order valence-corrected chi connectivity index (χ0v) is 7.62. The smallest absolute Gasteiger partial charge is 0.0606 e.